The molecule has 2 heterocycles. The van der Waals surface area contributed by atoms with Crippen molar-refractivity contribution >= 4 is 29.0 Å². The molecule has 22 heavy (non-hydrogen) atoms. The molecule has 0 aliphatic heterocycles. The van der Waals surface area contributed by atoms with Gasteiger partial charge in [0.1, 0.15) is 5.82 Å². The van der Waals surface area contributed by atoms with Crippen LogP contribution >= 0.6 is 11.3 Å². The highest BCUT2D eigenvalue weighted by Gasteiger charge is 2.07. The van der Waals surface area contributed by atoms with E-state index >= 15 is 0 Å². The van der Waals surface area contributed by atoms with Crippen LogP contribution in [0.2, 0.25) is 0 Å². The summed E-state index contributed by atoms with van der Waals surface area (Å²) >= 11 is 1.46. The fraction of sp³-hybridized carbons (Fsp3) is 0.400. The largest absolute Gasteiger partial charge is 0.370 e. The van der Waals surface area contributed by atoms with Crippen LogP contribution in [0.15, 0.2) is 17.5 Å². The van der Waals surface area contributed by atoms with Crippen molar-refractivity contribution in [3.8, 4) is 0 Å². The summed E-state index contributed by atoms with van der Waals surface area (Å²) in [5.41, 5.74) is 2.00. The predicted molar refractivity (Wildman–Crippen MR) is 90.8 cm³/mol. The minimum Gasteiger partial charge on any atom is -0.370 e. The number of hydrogen-bond acceptors (Lipinski definition) is 6. The molecular formula is C15H21N5OS. The van der Waals surface area contributed by atoms with Gasteiger partial charge in [0.25, 0.3) is 5.91 Å². The summed E-state index contributed by atoms with van der Waals surface area (Å²) in [6.07, 6.45) is 0. The van der Waals surface area contributed by atoms with E-state index in [0.717, 1.165) is 28.5 Å². The van der Waals surface area contributed by atoms with E-state index in [0.29, 0.717) is 19.0 Å². The Bertz CT molecular complexity index is 641. The highest BCUT2D eigenvalue weighted by atomic mass is 32.1. The second-order valence-corrected chi connectivity index (χ2v) is 5.83. The van der Waals surface area contributed by atoms with Gasteiger partial charge in [0.05, 0.1) is 4.88 Å². The zero-order chi connectivity index (χ0) is 15.9. The minimum atomic E-state index is -0.0431. The number of anilines is 2. The molecule has 0 saturated carbocycles. The second-order valence-electron chi connectivity index (χ2n) is 4.92. The summed E-state index contributed by atoms with van der Waals surface area (Å²) in [7, 11) is 0. The van der Waals surface area contributed by atoms with Crippen LogP contribution in [0, 0.1) is 13.8 Å². The van der Waals surface area contributed by atoms with E-state index in [2.05, 4.69) is 25.9 Å². The summed E-state index contributed by atoms with van der Waals surface area (Å²) in [6.45, 7) is 7.83. The predicted octanol–water partition coefficient (Wildman–Crippen LogP) is 2.43. The number of rotatable bonds is 7. The van der Waals surface area contributed by atoms with E-state index < -0.39 is 0 Å². The van der Waals surface area contributed by atoms with E-state index in [1.807, 2.05) is 38.3 Å². The van der Waals surface area contributed by atoms with Crippen LogP contribution in [-0.4, -0.2) is 35.5 Å². The van der Waals surface area contributed by atoms with Gasteiger partial charge in [-0.15, -0.1) is 11.3 Å². The summed E-state index contributed by atoms with van der Waals surface area (Å²) in [5, 5.41) is 11.1. The van der Waals surface area contributed by atoms with E-state index in [-0.39, 0.29) is 5.91 Å². The summed E-state index contributed by atoms with van der Waals surface area (Å²) in [6, 6.07) is 3.79. The van der Waals surface area contributed by atoms with Crippen molar-refractivity contribution in [2.75, 3.05) is 30.3 Å². The molecule has 2 aromatic rings. The number of aromatic nitrogens is 2. The number of amides is 1. The van der Waals surface area contributed by atoms with E-state index in [1.54, 1.807) is 0 Å². The average molecular weight is 319 g/mol. The quantitative estimate of drug-likeness (QED) is 0.683. The van der Waals surface area contributed by atoms with Crippen LogP contribution in [-0.2, 0) is 0 Å². The number of thiophene rings is 1. The van der Waals surface area contributed by atoms with Gasteiger partial charge in [0, 0.05) is 31.4 Å². The molecule has 0 aliphatic carbocycles. The van der Waals surface area contributed by atoms with Gasteiger partial charge < -0.3 is 16.0 Å². The van der Waals surface area contributed by atoms with Crippen molar-refractivity contribution in [1.29, 1.82) is 0 Å². The highest BCUT2D eigenvalue weighted by molar-refractivity contribution is 7.12. The molecular weight excluding hydrogens is 298 g/mol. The van der Waals surface area contributed by atoms with Gasteiger partial charge in [-0.2, -0.15) is 4.98 Å². The lowest BCUT2D eigenvalue weighted by Gasteiger charge is -2.09. The molecule has 0 bridgehead atoms. The number of hydrogen-bond donors (Lipinski definition) is 3. The van der Waals surface area contributed by atoms with Gasteiger partial charge in [-0.1, -0.05) is 0 Å². The van der Waals surface area contributed by atoms with Crippen molar-refractivity contribution in [3.05, 3.63) is 33.6 Å². The molecule has 0 aliphatic rings. The Labute approximate surface area is 134 Å². The van der Waals surface area contributed by atoms with Gasteiger partial charge in [0.2, 0.25) is 5.95 Å². The molecule has 7 heteroatoms. The van der Waals surface area contributed by atoms with Crippen molar-refractivity contribution in [1.82, 2.24) is 15.3 Å². The van der Waals surface area contributed by atoms with Crippen LogP contribution in [0.4, 0.5) is 11.8 Å². The zero-order valence-corrected chi connectivity index (χ0v) is 13.9. The van der Waals surface area contributed by atoms with Crippen molar-refractivity contribution in [2.45, 2.75) is 20.8 Å². The number of carbonyl (C=O) groups is 1. The Hall–Kier alpha value is -2.15. The van der Waals surface area contributed by atoms with Crippen LogP contribution < -0.4 is 16.0 Å². The maximum Gasteiger partial charge on any atom is 0.261 e. The fourth-order valence-corrected chi connectivity index (χ4v) is 2.72. The monoisotopic (exact) mass is 319 g/mol. The van der Waals surface area contributed by atoms with Gasteiger partial charge >= 0.3 is 0 Å². The molecule has 0 unspecified atom stereocenters. The lowest BCUT2D eigenvalue weighted by atomic mass is 10.3. The Kier molecular flexibility index (Phi) is 5.71. The molecule has 118 valence electrons. The SMILES string of the molecule is CCNc1cc(C)nc(NCCNC(=O)c2cc(C)cs2)n1. The molecule has 0 saturated heterocycles. The number of aryl methyl sites for hydroxylation is 2. The fourth-order valence-electron chi connectivity index (χ4n) is 1.91. The third-order valence-corrected chi connectivity index (χ3v) is 3.91. The van der Waals surface area contributed by atoms with Crippen LogP contribution in [0.1, 0.15) is 27.9 Å². The Balaban J connectivity index is 1.80. The van der Waals surface area contributed by atoms with Crippen molar-refractivity contribution < 1.29 is 4.79 Å². The standard InChI is InChI=1S/C15H21N5OS/c1-4-16-13-8-11(3)19-15(20-13)18-6-5-17-14(21)12-7-10(2)9-22-12/h7-9H,4-6H2,1-3H3,(H,17,21)(H2,16,18,19,20). The lowest BCUT2D eigenvalue weighted by Crippen LogP contribution is -2.28. The first-order valence-electron chi connectivity index (χ1n) is 7.25. The first kappa shape index (κ1) is 16.2. The maximum atomic E-state index is 11.9. The van der Waals surface area contributed by atoms with Gasteiger partial charge in [-0.3, -0.25) is 4.79 Å². The smallest absolute Gasteiger partial charge is 0.261 e. The summed E-state index contributed by atoms with van der Waals surface area (Å²) in [4.78, 5) is 21.3. The number of nitrogens with zero attached hydrogens (tertiary/aromatic N) is 2. The highest BCUT2D eigenvalue weighted by Crippen LogP contribution is 2.13. The molecule has 0 radical (unpaired) electrons. The summed E-state index contributed by atoms with van der Waals surface area (Å²) in [5.74, 6) is 1.33. The van der Waals surface area contributed by atoms with Crippen LogP contribution in [0.3, 0.4) is 0 Å². The molecule has 0 fully saturated rings. The molecule has 6 nitrogen and oxygen atoms in total. The minimum absolute atomic E-state index is 0.0431. The molecule has 1 amide bonds. The van der Waals surface area contributed by atoms with Crippen molar-refractivity contribution in [2.24, 2.45) is 0 Å². The maximum absolute atomic E-state index is 11.9. The third-order valence-electron chi connectivity index (χ3n) is 2.86. The molecule has 2 aromatic heterocycles. The van der Waals surface area contributed by atoms with E-state index in [1.165, 1.54) is 11.3 Å². The normalized spacial score (nSPS) is 10.3. The molecule has 2 rings (SSSR count). The Morgan fingerprint density at radius 2 is 2.00 bits per heavy atom. The zero-order valence-electron chi connectivity index (χ0n) is 13.1. The van der Waals surface area contributed by atoms with Gasteiger partial charge in [-0.25, -0.2) is 4.98 Å². The average Bonchev–Trinajstić information content (AvgIpc) is 2.90. The van der Waals surface area contributed by atoms with Crippen LogP contribution in [0.25, 0.3) is 0 Å². The molecule has 0 spiro atoms. The van der Waals surface area contributed by atoms with Crippen molar-refractivity contribution in [3.63, 3.8) is 0 Å². The van der Waals surface area contributed by atoms with E-state index in [4.69, 9.17) is 0 Å². The number of carbonyl (C=O) groups excluding carboxylic acids is 1. The second kappa shape index (κ2) is 7.74. The van der Waals surface area contributed by atoms with Crippen LogP contribution in [0.5, 0.6) is 0 Å². The Morgan fingerprint density at radius 3 is 2.68 bits per heavy atom. The first-order chi connectivity index (χ1) is 10.6. The lowest BCUT2D eigenvalue weighted by molar-refractivity contribution is 0.0959. The third kappa shape index (κ3) is 4.70. The topological polar surface area (TPSA) is 78.9 Å². The summed E-state index contributed by atoms with van der Waals surface area (Å²) < 4.78 is 0. The number of nitrogens with one attached hydrogen (secondary N) is 3. The molecule has 3 N–H and O–H groups in total. The van der Waals surface area contributed by atoms with Gasteiger partial charge in [0.15, 0.2) is 0 Å². The van der Waals surface area contributed by atoms with E-state index in [9.17, 15) is 4.79 Å². The Morgan fingerprint density at radius 1 is 1.18 bits per heavy atom. The molecule has 0 aromatic carbocycles. The molecule has 0 atom stereocenters. The van der Waals surface area contributed by atoms with Gasteiger partial charge in [-0.05, 0) is 37.8 Å². The first-order valence-corrected chi connectivity index (χ1v) is 8.13.